The Labute approximate surface area is 105 Å². The van der Waals surface area contributed by atoms with Gasteiger partial charge < -0.3 is 14.6 Å². The van der Waals surface area contributed by atoms with Crippen molar-refractivity contribution in [3.63, 3.8) is 0 Å². The number of ether oxygens (including phenoxy) is 2. The zero-order chi connectivity index (χ0) is 13.8. The summed E-state index contributed by atoms with van der Waals surface area (Å²) in [5.74, 6) is -1.52. The van der Waals surface area contributed by atoms with Gasteiger partial charge in [-0.15, -0.1) is 13.2 Å². The molecule has 2 bridgehead atoms. The second-order valence-electron chi connectivity index (χ2n) is 4.20. The highest BCUT2D eigenvalue weighted by Crippen LogP contribution is 2.50. The summed E-state index contributed by atoms with van der Waals surface area (Å²) in [6.07, 6.45) is -4.65. The number of halogens is 3. The molecule has 100 valence electrons. The molecule has 0 aliphatic carbocycles. The minimum atomic E-state index is -4.78. The van der Waals surface area contributed by atoms with E-state index in [1.807, 2.05) is 0 Å². The predicted octanol–water partition coefficient (Wildman–Crippen LogP) is 2.72. The molecule has 1 N–H and O–H groups in total. The lowest BCUT2D eigenvalue weighted by Crippen LogP contribution is -2.17. The highest BCUT2D eigenvalue weighted by molar-refractivity contribution is 5.89. The van der Waals surface area contributed by atoms with E-state index in [1.54, 1.807) is 0 Å². The molecule has 4 nitrogen and oxygen atoms in total. The van der Waals surface area contributed by atoms with Gasteiger partial charge in [-0.05, 0) is 29.3 Å². The molecule has 0 spiro atoms. The van der Waals surface area contributed by atoms with E-state index >= 15 is 0 Å². The average Bonchev–Trinajstić information content (AvgIpc) is 2.84. The van der Waals surface area contributed by atoms with Gasteiger partial charge in [0.25, 0.3) is 0 Å². The molecule has 1 aromatic rings. The number of alkyl halides is 3. The van der Waals surface area contributed by atoms with Gasteiger partial charge in [0.05, 0.1) is 5.57 Å². The normalized spacial score (nSPS) is 24.1. The molecule has 2 unspecified atom stereocenters. The molecule has 2 aliphatic heterocycles. The third kappa shape index (κ3) is 1.95. The van der Waals surface area contributed by atoms with E-state index in [1.165, 1.54) is 24.3 Å². The Morgan fingerprint density at radius 2 is 2.05 bits per heavy atom. The number of rotatable bonds is 2. The fourth-order valence-electron chi connectivity index (χ4n) is 2.33. The molecule has 0 radical (unpaired) electrons. The number of carboxylic acid groups (broad SMARTS) is 1. The summed E-state index contributed by atoms with van der Waals surface area (Å²) in [7, 11) is 0. The first-order chi connectivity index (χ1) is 8.85. The van der Waals surface area contributed by atoms with E-state index in [0.29, 0.717) is 11.1 Å². The van der Waals surface area contributed by atoms with Crippen molar-refractivity contribution in [3.8, 4) is 5.75 Å². The molecule has 2 aliphatic rings. The van der Waals surface area contributed by atoms with Crippen LogP contribution >= 0.6 is 0 Å². The number of carboxylic acids is 1. The van der Waals surface area contributed by atoms with Crippen LogP contribution in [0.3, 0.4) is 0 Å². The lowest BCUT2D eigenvalue weighted by molar-refractivity contribution is -0.274. The lowest BCUT2D eigenvalue weighted by atomic mass is 9.91. The third-order valence-corrected chi connectivity index (χ3v) is 3.02. The maximum Gasteiger partial charge on any atom is 0.573 e. The van der Waals surface area contributed by atoms with Crippen LogP contribution in [0.15, 0.2) is 29.8 Å². The second kappa shape index (κ2) is 3.74. The zero-order valence-electron chi connectivity index (χ0n) is 9.27. The average molecular weight is 272 g/mol. The highest BCUT2D eigenvalue weighted by Gasteiger charge is 2.42. The molecule has 0 fully saturated rings. The zero-order valence-corrected chi connectivity index (χ0v) is 9.27. The number of hydrogen-bond donors (Lipinski definition) is 1. The van der Waals surface area contributed by atoms with Gasteiger partial charge in [-0.3, -0.25) is 0 Å². The van der Waals surface area contributed by atoms with Gasteiger partial charge >= 0.3 is 12.3 Å². The van der Waals surface area contributed by atoms with Crippen molar-refractivity contribution < 1.29 is 32.5 Å². The van der Waals surface area contributed by atoms with Crippen LogP contribution in [0.4, 0.5) is 13.2 Å². The van der Waals surface area contributed by atoms with Crippen LogP contribution < -0.4 is 4.74 Å². The molecule has 3 rings (SSSR count). The quantitative estimate of drug-likeness (QED) is 0.899. The fourth-order valence-corrected chi connectivity index (χ4v) is 2.33. The van der Waals surface area contributed by atoms with Gasteiger partial charge in [0, 0.05) is 0 Å². The maximum atomic E-state index is 12.1. The summed E-state index contributed by atoms with van der Waals surface area (Å²) >= 11 is 0. The van der Waals surface area contributed by atoms with E-state index in [2.05, 4.69) is 4.74 Å². The van der Waals surface area contributed by atoms with Crippen molar-refractivity contribution in [2.24, 2.45) is 0 Å². The van der Waals surface area contributed by atoms with Gasteiger partial charge in [0.1, 0.15) is 18.0 Å². The Bertz CT molecular complexity index is 591. The highest BCUT2D eigenvalue weighted by atomic mass is 19.4. The summed E-state index contributed by atoms with van der Waals surface area (Å²) in [6.45, 7) is 0. The molecule has 7 heteroatoms. The first kappa shape index (κ1) is 12.0. The van der Waals surface area contributed by atoms with Crippen LogP contribution in [0, 0.1) is 0 Å². The van der Waals surface area contributed by atoms with Crippen LogP contribution in [0.1, 0.15) is 23.3 Å². The molecule has 0 amide bonds. The summed E-state index contributed by atoms with van der Waals surface area (Å²) in [4.78, 5) is 11.0. The molecule has 2 atom stereocenters. The van der Waals surface area contributed by atoms with Crippen LogP contribution in [0.2, 0.25) is 0 Å². The summed E-state index contributed by atoms with van der Waals surface area (Å²) in [5.41, 5.74) is 1.12. The summed E-state index contributed by atoms with van der Waals surface area (Å²) in [5, 5.41) is 8.96. The fraction of sp³-hybridized carbons (Fsp3) is 0.250. The van der Waals surface area contributed by atoms with E-state index in [0.717, 1.165) is 0 Å². The van der Waals surface area contributed by atoms with Gasteiger partial charge in [-0.1, -0.05) is 6.07 Å². The van der Waals surface area contributed by atoms with Crippen LogP contribution in [-0.4, -0.2) is 17.4 Å². The molecule has 0 aromatic heterocycles. The predicted molar refractivity (Wildman–Crippen MR) is 55.4 cm³/mol. The van der Waals surface area contributed by atoms with Crippen molar-refractivity contribution >= 4 is 5.97 Å². The van der Waals surface area contributed by atoms with Gasteiger partial charge in [0.15, 0.2) is 0 Å². The van der Waals surface area contributed by atoms with E-state index in [9.17, 15) is 18.0 Å². The van der Waals surface area contributed by atoms with E-state index < -0.39 is 24.5 Å². The van der Waals surface area contributed by atoms with Gasteiger partial charge in [-0.2, -0.15) is 0 Å². The Hall–Kier alpha value is -2.02. The Kier molecular flexibility index (Phi) is 2.37. The standard InChI is InChI=1S/C12H7F3O4/c13-12(14,15)19-5-1-2-6-7(3-5)10-8(11(16)17)4-9(6)18-10/h1-4,9-10H,(H,16,17). The van der Waals surface area contributed by atoms with E-state index in [4.69, 9.17) is 9.84 Å². The van der Waals surface area contributed by atoms with Gasteiger partial charge in [-0.25, -0.2) is 4.79 Å². The largest absolute Gasteiger partial charge is 0.573 e. The smallest absolute Gasteiger partial charge is 0.478 e. The van der Waals surface area contributed by atoms with Crippen molar-refractivity contribution in [2.75, 3.05) is 0 Å². The summed E-state index contributed by atoms with van der Waals surface area (Å²) in [6, 6.07) is 3.81. The first-order valence-electron chi connectivity index (χ1n) is 5.35. The molecular weight excluding hydrogens is 265 g/mol. The van der Waals surface area contributed by atoms with Crippen molar-refractivity contribution in [1.29, 1.82) is 0 Å². The number of hydrogen-bond acceptors (Lipinski definition) is 3. The van der Waals surface area contributed by atoms with Crippen LogP contribution in [0.5, 0.6) is 5.75 Å². The Morgan fingerprint density at radius 3 is 2.68 bits per heavy atom. The van der Waals surface area contributed by atoms with Crippen molar-refractivity contribution in [3.05, 3.63) is 41.0 Å². The van der Waals surface area contributed by atoms with Crippen LogP contribution in [-0.2, 0) is 9.53 Å². The SMILES string of the molecule is O=C(O)C1=CC2OC1c1cc(OC(F)(F)F)ccc12. The lowest BCUT2D eigenvalue weighted by Gasteiger charge is -2.14. The molecular formula is C12H7F3O4. The van der Waals surface area contributed by atoms with Crippen LogP contribution in [0.25, 0.3) is 0 Å². The number of fused-ring (bicyclic) bond motifs is 5. The van der Waals surface area contributed by atoms with Crippen molar-refractivity contribution in [2.45, 2.75) is 18.6 Å². The minimum absolute atomic E-state index is 0.0432. The maximum absolute atomic E-state index is 12.1. The second-order valence-corrected chi connectivity index (χ2v) is 4.20. The van der Waals surface area contributed by atoms with Gasteiger partial charge in [0.2, 0.25) is 0 Å². The van der Waals surface area contributed by atoms with E-state index in [-0.39, 0.29) is 11.3 Å². The minimum Gasteiger partial charge on any atom is -0.478 e. The number of carbonyl (C=O) groups is 1. The Morgan fingerprint density at radius 1 is 1.32 bits per heavy atom. The molecule has 19 heavy (non-hydrogen) atoms. The molecule has 0 saturated carbocycles. The number of aliphatic carboxylic acids is 1. The first-order valence-corrected chi connectivity index (χ1v) is 5.35. The monoisotopic (exact) mass is 272 g/mol. The third-order valence-electron chi connectivity index (χ3n) is 3.02. The molecule has 0 saturated heterocycles. The van der Waals surface area contributed by atoms with Crippen molar-refractivity contribution in [1.82, 2.24) is 0 Å². The molecule has 1 aromatic carbocycles. The Balaban J connectivity index is 1.95. The number of benzene rings is 1. The topological polar surface area (TPSA) is 55.8 Å². The summed E-state index contributed by atoms with van der Waals surface area (Å²) < 4.78 is 45.6. The molecule has 2 heterocycles.